The third-order valence-corrected chi connectivity index (χ3v) is 8.73. The van der Waals surface area contributed by atoms with Gasteiger partial charge in [0, 0.05) is 26.0 Å². The number of hydrogen-bond donors (Lipinski definition) is 3. The fourth-order valence-electron chi connectivity index (χ4n) is 3.61. The van der Waals surface area contributed by atoms with Gasteiger partial charge in [0.05, 0.1) is 30.2 Å². The lowest BCUT2D eigenvalue weighted by Crippen LogP contribution is -2.33. The van der Waals surface area contributed by atoms with Crippen LogP contribution >= 0.6 is 60.7 Å². The Kier molecular flexibility index (Phi) is 12.2. The quantitative estimate of drug-likeness (QED) is 0.242. The Bertz CT molecular complexity index is 1310. The van der Waals surface area contributed by atoms with Crippen LogP contribution in [0.5, 0.6) is 0 Å². The highest BCUT2D eigenvalue weighted by molar-refractivity contribution is 9.11. The number of nitrogens with zero attached hydrogens (tertiary/aromatic N) is 4. The van der Waals surface area contributed by atoms with Crippen molar-refractivity contribution in [2.75, 3.05) is 6.61 Å². The molecule has 0 saturated carbocycles. The summed E-state index contributed by atoms with van der Waals surface area (Å²) in [4.78, 5) is 27.3. The summed E-state index contributed by atoms with van der Waals surface area (Å²) in [6, 6.07) is 0. The molecule has 37 heavy (non-hydrogen) atoms. The molecule has 2 N–H and O–H groups in total. The van der Waals surface area contributed by atoms with Crippen LogP contribution in [-0.4, -0.2) is 48.5 Å². The van der Waals surface area contributed by atoms with Crippen molar-refractivity contribution in [3.05, 3.63) is 57.8 Å². The number of aliphatic hydroxyl groups is 1. The number of ether oxygens (including phenoxy) is 1. The zero-order valence-electron chi connectivity index (χ0n) is 21.3. The van der Waals surface area contributed by atoms with Gasteiger partial charge in [-0.15, -0.1) is 5.10 Å². The van der Waals surface area contributed by atoms with Crippen molar-refractivity contribution in [1.82, 2.24) is 24.5 Å². The molecule has 2 unspecified atom stereocenters. The Morgan fingerprint density at radius 1 is 1.11 bits per heavy atom. The third-order valence-electron chi connectivity index (χ3n) is 5.45. The fraction of sp³-hybridized carbons (Fsp3) is 0.478. The minimum absolute atomic E-state index is 0.0514. The van der Waals surface area contributed by atoms with E-state index < -0.39 is 29.7 Å². The van der Waals surface area contributed by atoms with Crippen LogP contribution in [-0.2, 0) is 8.92 Å². The summed E-state index contributed by atoms with van der Waals surface area (Å²) >= 11 is 14.5. The van der Waals surface area contributed by atoms with Crippen molar-refractivity contribution >= 4 is 60.7 Å². The lowest BCUT2D eigenvalue weighted by Gasteiger charge is -2.15. The highest BCUT2D eigenvalue weighted by Gasteiger charge is 2.36. The molecular weight excluding hydrogens is 698 g/mol. The molecule has 10 nitrogen and oxygen atoms in total. The number of halogens is 3. The molecule has 0 bridgehead atoms. The van der Waals surface area contributed by atoms with Gasteiger partial charge in [0.15, 0.2) is 0 Å². The minimum Gasteiger partial charge on any atom is -0.390 e. The Balaban J connectivity index is 0.00000115. The van der Waals surface area contributed by atoms with Gasteiger partial charge in [-0.25, -0.2) is 9.48 Å². The molecule has 3 heterocycles. The zero-order valence-corrected chi connectivity index (χ0v) is 26.9. The molecule has 1 aliphatic rings. The predicted molar refractivity (Wildman–Crippen MR) is 156 cm³/mol. The standard InChI is InChI=1S/C19H18Br3N5O5S.2C2H6/c1-7-14(20)8(2)16(22)17(15(7)21)27-5-10(24-25-27)9-4-26(19(30)23-18(9)29)13-3-11(28)12(32-13)6-31-33;2*1-2/h4-5,11-13,28,33H,3,6H2,1-2H3,(H,23,29,30);2*1-2H3/t11?,12?,13-;;/m1../s1. The first-order valence-corrected chi connectivity index (χ1v) is 14.4. The normalized spacial score (nSPS) is 18.6. The van der Waals surface area contributed by atoms with Crippen LogP contribution in [0.15, 0.2) is 35.4 Å². The first-order valence-electron chi connectivity index (χ1n) is 11.7. The van der Waals surface area contributed by atoms with E-state index in [4.69, 9.17) is 8.92 Å². The maximum Gasteiger partial charge on any atom is 0.330 e. The average Bonchev–Trinajstić information content (AvgIpc) is 3.51. The Labute approximate surface area is 245 Å². The topological polar surface area (TPSA) is 124 Å². The second-order valence-electron chi connectivity index (χ2n) is 7.53. The molecule has 1 aromatic carbocycles. The van der Waals surface area contributed by atoms with E-state index >= 15 is 0 Å². The molecule has 14 heteroatoms. The predicted octanol–water partition coefficient (Wildman–Crippen LogP) is 5.25. The summed E-state index contributed by atoms with van der Waals surface area (Å²) in [7, 11) is 0. The number of thiol groups is 1. The van der Waals surface area contributed by atoms with Crippen LogP contribution in [0.4, 0.5) is 0 Å². The smallest absolute Gasteiger partial charge is 0.330 e. The summed E-state index contributed by atoms with van der Waals surface area (Å²) < 4.78 is 15.8. The van der Waals surface area contributed by atoms with Gasteiger partial charge in [0.25, 0.3) is 5.56 Å². The molecule has 3 aromatic rings. The Hall–Kier alpha value is -1.29. The number of aliphatic hydroxyl groups excluding tert-OH is 1. The Morgan fingerprint density at radius 2 is 1.70 bits per heavy atom. The van der Waals surface area contributed by atoms with Gasteiger partial charge in [-0.05, 0) is 69.7 Å². The Morgan fingerprint density at radius 3 is 2.27 bits per heavy atom. The molecule has 4 rings (SSSR count). The van der Waals surface area contributed by atoms with E-state index in [9.17, 15) is 14.7 Å². The van der Waals surface area contributed by atoms with Crippen LogP contribution in [0, 0.1) is 13.8 Å². The van der Waals surface area contributed by atoms with E-state index in [1.54, 1.807) is 10.9 Å². The van der Waals surface area contributed by atoms with E-state index in [-0.39, 0.29) is 24.3 Å². The minimum atomic E-state index is -0.844. The van der Waals surface area contributed by atoms with Gasteiger partial charge in [-0.1, -0.05) is 48.8 Å². The lowest BCUT2D eigenvalue weighted by atomic mass is 10.1. The molecule has 2 aromatic heterocycles. The van der Waals surface area contributed by atoms with Crippen molar-refractivity contribution in [2.45, 2.75) is 66.4 Å². The first kappa shape index (κ1) is 31.9. The summed E-state index contributed by atoms with van der Waals surface area (Å²) in [6.45, 7) is 12.0. The second-order valence-corrected chi connectivity index (χ2v) is 10.2. The maximum absolute atomic E-state index is 12.6. The summed E-state index contributed by atoms with van der Waals surface area (Å²) in [5, 5.41) is 18.5. The highest BCUT2D eigenvalue weighted by atomic mass is 79.9. The lowest BCUT2D eigenvalue weighted by molar-refractivity contribution is -0.0375. The maximum atomic E-state index is 12.6. The molecule has 3 atom stereocenters. The van der Waals surface area contributed by atoms with Gasteiger partial charge in [0.2, 0.25) is 0 Å². The van der Waals surface area contributed by atoms with E-state index in [2.05, 4.69) is 76.0 Å². The van der Waals surface area contributed by atoms with Gasteiger partial charge < -0.3 is 14.0 Å². The van der Waals surface area contributed by atoms with Crippen LogP contribution in [0.2, 0.25) is 0 Å². The van der Waals surface area contributed by atoms with E-state index in [0.717, 1.165) is 24.5 Å². The number of aromatic nitrogens is 5. The number of aromatic amines is 1. The number of rotatable bonds is 5. The molecule has 0 amide bonds. The van der Waals surface area contributed by atoms with E-state index in [1.165, 1.54) is 10.8 Å². The van der Waals surface area contributed by atoms with Crippen LogP contribution in [0.25, 0.3) is 16.9 Å². The van der Waals surface area contributed by atoms with Crippen molar-refractivity contribution in [2.24, 2.45) is 0 Å². The average molecular weight is 728 g/mol. The number of nitrogens with one attached hydrogen (secondary N) is 1. The number of hydrogen-bond acceptors (Lipinski definition) is 8. The molecule has 1 fully saturated rings. The monoisotopic (exact) mass is 725 g/mol. The van der Waals surface area contributed by atoms with Crippen molar-refractivity contribution < 1.29 is 14.0 Å². The summed E-state index contributed by atoms with van der Waals surface area (Å²) in [5.41, 5.74) is 1.79. The second kappa shape index (κ2) is 14.2. The van der Waals surface area contributed by atoms with Gasteiger partial charge in [0.1, 0.15) is 18.0 Å². The molecule has 0 radical (unpaired) electrons. The third kappa shape index (κ3) is 6.65. The van der Waals surface area contributed by atoms with Gasteiger partial charge in [-0.2, -0.15) is 0 Å². The van der Waals surface area contributed by atoms with E-state index in [1.807, 2.05) is 41.5 Å². The molecule has 1 aliphatic heterocycles. The highest BCUT2D eigenvalue weighted by Crippen LogP contribution is 2.40. The molecule has 0 spiro atoms. The largest absolute Gasteiger partial charge is 0.390 e. The fourth-order valence-corrected chi connectivity index (χ4v) is 6.11. The van der Waals surface area contributed by atoms with Gasteiger partial charge in [-0.3, -0.25) is 14.3 Å². The van der Waals surface area contributed by atoms with Crippen LogP contribution in [0.3, 0.4) is 0 Å². The molecule has 1 saturated heterocycles. The summed E-state index contributed by atoms with van der Waals surface area (Å²) in [6.07, 6.45) is 0.833. The number of H-pyrrole nitrogens is 1. The van der Waals surface area contributed by atoms with Gasteiger partial charge >= 0.3 is 5.69 Å². The van der Waals surface area contributed by atoms with E-state index in [0.29, 0.717) is 5.69 Å². The SMILES string of the molecule is CC.CC.Cc1c(Br)c(C)c(Br)c(-n2cc(-c3cn([C@H]4CC(O)C(COS)O4)c(=O)[nH]c3=O)nn2)c1Br. The molecule has 204 valence electrons. The first-order chi connectivity index (χ1) is 17.6. The summed E-state index contributed by atoms with van der Waals surface area (Å²) in [5.74, 6) is 0. The van der Waals surface area contributed by atoms with Crippen LogP contribution < -0.4 is 11.2 Å². The molecule has 0 aliphatic carbocycles. The van der Waals surface area contributed by atoms with Crippen LogP contribution in [0.1, 0.15) is 51.5 Å². The number of benzene rings is 1. The van der Waals surface area contributed by atoms with Crippen molar-refractivity contribution in [3.8, 4) is 16.9 Å². The van der Waals surface area contributed by atoms with Crippen molar-refractivity contribution in [3.63, 3.8) is 0 Å². The zero-order chi connectivity index (χ0) is 28.0. The van der Waals surface area contributed by atoms with Crippen molar-refractivity contribution in [1.29, 1.82) is 0 Å². The molecular formula is C23H30Br3N5O5S.